The molecule has 0 bridgehead atoms. The second-order valence-corrected chi connectivity index (χ2v) is 2.44. The van der Waals surface area contributed by atoms with Crippen LogP contribution in [0, 0.1) is 0 Å². The van der Waals surface area contributed by atoms with Gasteiger partial charge in [0.25, 0.3) is 0 Å². The van der Waals surface area contributed by atoms with Crippen LogP contribution >= 0.6 is 0 Å². The van der Waals surface area contributed by atoms with E-state index in [-0.39, 0.29) is 6.61 Å². The van der Waals surface area contributed by atoms with Gasteiger partial charge in [0.05, 0.1) is 0 Å². The Balaban J connectivity index is -0.000000124. The van der Waals surface area contributed by atoms with Crippen LogP contribution in [-0.2, 0) is 0 Å². The summed E-state index contributed by atoms with van der Waals surface area (Å²) < 4.78 is 0. The van der Waals surface area contributed by atoms with Crippen LogP contribution < -0.4 is 0 Å². The van der Waals surface area contributed by atoms with Gasteiger partial charge in [-0.3, -0.25) is 0 Å². The molecular formula is C12H30O. The van der Waals surface area contributed by atoms with E-state index in [9.17, 15) is 0 Å². The first-order valence-electron chi connectivity index (χ1n) is 6.02. The number of hydrogen-bond acceptors (Lipinski definition) is 1. The van der Waals surface area contributed by atoms with Crippen molar-refractivity contribution in [3.8, 4) is 0 Å². The maximum Gasteiger partial charge on any atom is 0.0402 e. The minimum Gasteiger partial charge on any atom is -0.397 e. The molecule has 1 fully saturated rings. The molecule has 0 aromatic carbocycles. The summed E-state index contributed by atoms with van der Waals surface area (Å²) in [4.78, 5) is 0. The highest BCUT2D eigenvalue weighted by Gasteiger charge is 1.95. The van der Waals surface area contributed by atoms with Gasteiger partial charge in [-0.25, -0.2) is 0 Å². The highest BCUT2D eigenvalue weighted by molar-refractivity contribution is 4.51. The Bertz CT molecular complexity index is 28.9. The molecule has 0 aromatic heterocycles. The van der Waals surface area contributed by atoms with Crippen molar-refractivity contribution in [2.24, 2.45) is 0 Å². The Hall–Kier alpha value is -0.0400. The molecule has 0 amide bonds. The first-order valence-corrected chi connectivity index (χ1v) is 6.02. The van der Waals surface area contributed by atoms with Crippen LogP contribution in [0.3, 0.4) is 0 Å². The molecule has 1 nitrogen and oxygen atoms in total. The maximum absolute atomic E-state index is 7.57. The summed E-state index contributed by atoms with van der Waals surface area (Å²) >= 11 is 0. The first kappa shape index (κ1) is 18.7. The smallest absolute Gasteiger partial charge is 0.0402 e. The minimum atomic E-state index is 0.250. The SMILES string of the molecule is C1CCCCC1.CC.CC.CCO. The third-order valence-corrected chi connectivity index (χ3v) is 1.50. The van der Waals surface area contributed by atoms with Crippen molar-refractivity contribution in [3.05, 3.63) is 0 Å². The van der Waals surface area contributed by atoms with E-state index in [1.54, 1.807) is 6.92 Å². The molecule has 0 unspecified atom stereocenters. The number of rotatable bonds is 0. The Morgan fingerprint density at radius 1 is 0.692 bits per heavy atom. The third-order valence-electron chi connectivity index (χ3n) is 1.50. The normalized spacial score (nSPS) is 13.4. The predicted octanol–water partition coefficient (Wildman–Crippen LogP) is 4.39. The van der Waals surface area contributed by atoms with Gasteiger partial charge in [-0.2, -0.15) is 0 Å². The predicted molar refractivity (Wildman–Crippen MR) is 63.2 cm³/mol. The van der Waals surface area contributed by atoms with Gasteiger partial charge in [-0.15, -0.1) is 0 Å². The number of hydrogen-bond donors (Lipinski definition) is 1. The average Bonchev–Trinajstić information content (AvgIpc) is 2.27. The summed E-state index contributed by atoms with van der Waals surface area (Å²) in [5, 5.41) is 7.57. The molecule has 1 N–H and O–H groups in total. The fraction of sp³-hybridized carbons (Fsp3) is 1.00. The van der Waals surface area contributed by atoms with E-state index in [0.29, 0.717) is 0 Å². The molecule has 0 saturated heterocycles. The molecule has 0 aliphatic heterocycles. The summed E-state index contributed by atoms with van der Waals surface area (Å²) in [7, 11) is 0. The van der Waals surface area contributed by atoms with Gasteiger partial charge in [0.15, 0.2) is 0 Å². The van der Waals surface area contributed by atoms with Crippen LogP contribution in [0.1, 0.15) is 73.1 Å². The molecule has 84 valence electrons. The Morgan fingerprint density at radius 3 is 0.846 bits per heavy atom. The lowest BCUT2D eigenvalue weighted by atomic mass is 10.0. The molecule has 0 aromatic rings. The van der Waals surface area contributed by atoms with Crippen molar-refractivity contribution in [3.63, 3.8) is 0 Å². The second kappa shape index (κ2) is 29.7. The first-order chi connectivity index (χ1) is 6.41. The lowest BCUT2D eigenvalue weighted by Crippen LogP contribution is -1.85. The molecule has 1 aliphatic carbocycles. The van der Waals surface area contributed by atoms with Crippen LogP contribution in [0.4, 0.5) is 0 Å². The monoisotopic (exact) mass is 190 g/mol. The van der Waals surface area contributed by atoms with Crippen molar-refractivity contribution < 1.29 is 5.11 Å². The van der Waals surface area contributed by atoms with Crippen LogP contribution in [0.25, 0.3) is 0 Å². The Morgan fingerprint density at radius 2 is 0.769 bits per heavy atom. The van der Waals surface area contributed by atoms with Gasteiger partial charge in [0.2, 0.25) is 0 Å². The van der Waals surface area contributed by atoms with Gasteiger partial charge in [0, 0.05) is 6.61 Å². The summed E-state index contributed by atoms with van der Waals surface area (Å²) in [5.41, 5.74) is 0. The van der Waals surface area contributed by atoms with E-state index in [1.807, 2.05) is 27.7 Å². The number of aliphatic hydroxyl groups excluding tert-OH is 1. The van der Waals surface area contributed by atoms with Crippen LogP contribution in [0.5, 0.6) is 0 Å². The average molecular weight is 190 g/mol. The summed E-state index contributed by atoms with van der Waals surface area (Å²) in [6, 6.07) is 0. The van der Waals surface area contributed by atoms with Crippen molar-refractivity contribution in [2.45, 2.75) is 73.1 Å². The van der Waals surface area contributed by atoms with Crippen molar-refractivity contribution in [2.75, 3.05) is 6.61 Å². The van der Waals surface area contributed by atoms with E-state index in [1.165, 1.54) is 38.5 Å². The zero-order valence-corrected chi connectivity index (χ0v) is 10.4. The van der Waals surface area contributed by atoms with Gasteiger partial charge in [-0.1, -0.05) is 66.2 Å². The lowest BCUT2D eigenvalue weighted by Gasteiger charge is -2.05. The zero-order valence-electron chi connectivity index (χ0n) is 10.4. The molecule has 13 heavy (non-hydrogen) atoms. The van der Waals surface area contributed by atoms with Crippen molar-refractivity contribution in [1.82, 2.24) is 0 Å². The van der Waals surface area contributed by atoms with Gasteiger partial charge in [0.1, 0.15) is 0 Å². The maximum atomic E-state index is 7.57. The molecular weight excluding hydrogens is 160 g/mol. The third kappa shape index (κ3) is 33.4. The lowest BCUT2D eigenvalue weighted by molar-refractivity contribution is 0.318. The molecule has 0 radical (unpaired) electrons. The van der Waals surface area contributed by atoms with E-state index in [0.717, 1.165) is 0 Å². The molecule has 0 heterocycles. The van der Waals surface area contributed by atoms with Crippen molar-refractivity contribution in [1.29, 1.82) is 0 Å². The van der Waals surface area contributed by atoms with Crippen molar-refractivity contribution >= 4 is 0 Å². The number of aliphatic hydroxyl groups is 1. The van der Waals surface area contributed by atoms with Gasteiger partial charge < -0.3 is 5.11 Å². The fourth-order valence-electron chi connectivity index (χ4n) is 1.06. The minimum absolute atomic E-state index is 0.250. The standard InChI is InChI=1S/C6H12.C2H6O.2C2H6/c1-2-4-6-5-3-1;1-2-3;2*1-2/h1-6H2;3H,2H2,1H3;2*1-2H3. The summed E-state index contributed by atoms with van der Waals surface area (Å²) in [6.45, 7) is 9.93. The highest BCUT2D eigenvalue weighted by Crippen LogP contribution is 2.15. The molecule has 0 spiro atoms. The molecule has 1 rings (SSSR count). The second-order valence-electron chi connectivity index (χ2n) is 2.44. The fourth-order valence-corrected chi connectivity index (χ4v) is 1.06. The summed E-state index contributed by atoms with van der Waals surface area (Å²) in [6.07, 6.45) is 9.00. The Labute approximate surface area is 85.6 Å². The van der Waals surface area contributed by atoms with Crippen LogP contribution in [0.2, 0.25) is 0 Å². The largest absolute Gasteiger partial charge is 0.397 e. The van der Waals surface area contributed by atoms with E-state index < -0.39 is 0 Å². The van der Waals surface area contributed by atoms with Gasteiger partial charge in [-0.05, 0) is 6.92 Å². The topological polar surface area (TPSA) is 20.2 Å². The highest BCUT2D eigenvalue weighted by atomic mass is 16.2. The van der Waals surface area contributed by atoms with E-state index >= 15 is 0 Å². The molecule has 0 atom stereocenters. The van der Waals surface area contributed by atoms with E-state index in [4.69, 9.17) is 5.11 Å². The van der Waals surface area contributed by atoms with Crippen LogP contribution in [0.15, 0.2) is 0 Å². The molecule has 1 saturated carbocycles. The zero-order chi connectivity index (χ0) is 10.9. The quantitative estimate of drug-likeness (QED) is 0.600. The van der Waals surface area contributed by atoms with E-state index in [2.05, 4.69) is 0 Å². The van der Waals surface area contributed by atoms with Crippen LogP contribution in [-0.4, -0.2) is 11.7 Å². The van der Waals surface area contributed by atoms with Gasteiger partial charge >= 0.3 is 0 Å². The summed E-state index contributed by atoms with van der Waals surface area (Å²) in [5.74, 6) is 0. The molecule has 1 heteroatoms. The Kier molecular flexibility index (Phi) is 42.6. The molecule has 1 aliphatic rings.